The van der Waals surface area contributed by atoms with Crippen LogP contribution in [0.4, 0.5) is 0 Å². The molecule has 0 spiro atoms. The van der Waals surface area contributed by atoms with Gasteiger partial charge in [0.05, 0.1) is 13.2 Å². The van der Waals surface area contributed by atoms with Crippen LogP contribution in [-0.2, 0) is 4.74 Å². The van der Waals surface area contributed by atoms with E-state index in [0.717, 1.165) is 24.7 Å². The summed E-state index contributed by atoms with van der Waals surface area (Å²) >= 11 is 5.91. The Morgan fingerprint density at radius 2 is 2.21 bits per heavy atom. The molecule has 1 aromatic carbocycles. The lowest BCUT2D eigenvalue weighted by Gasteiger charge is -2.03. The molecule has 0 saturated heterocycles. The Morgan fingerprint density at radius 3 is 2.93 bits per heavy atom. The summed E-state index contributed by atoms with van der Waals surface area (Å²) in [6.45, 7) is 3.66. The Morgan fingerprint density at radius 1 is 1.36 bits per heavy atom. The minimum atomic E-state index is 0.748. The lowest BCUT2D eigenvalue weighted by Crippen LogP contribution is -1.99. The van der Waals surface area contributed by atoms with Crippen molar-refractivity contribution < 1.29 is 4.74 Å². The SMILES string of the molecule is Cc1cccc(SCCOCCS)c1. The summed E-state index contributed by atoms with van der Waals surface area (Å²) in [6.07, 6.45) is 0. The molecular weight excluding hydrogens is 212 g/mol. The van der Waals surface area contributed by atoms with E-state index in [1.54, 1.807) is 0 Å². The fourth-order valence-corrected chi connectivity index (χ4v) is 2.10. The summed E-state index contributed by atoms with van der Waals surface area (Å²) in [5.41, 5.74) is 1.31. The summed E-state index contributed by atoms with van der Waals surface area (Å²) in [4.78, 5) is 1.32. The number of thiol groups is 1. The van der Waals surface area contributed by atoms with Crippen molar-refractivity contribution in [1.82, 2.24) is 0 Å². The zero-order valence-electron chi connectivity index (χ0n) is 8.40. The highest BCUT2D eigenvalue weighted by Crippen LogP contribution is 2.18. The van der Waals surface area contributed by atoms with Gasteiger partial charge in [-0.15, -0.1) is 11.8 Å². The Balaban J connectivity index is 2.18. The molecule has 14 heavy (non-hydrogen) atoms. The molecule has 3 heteroatoms. The highest BCUT2D eigenvalue weighted by molar-refractivity contribution is 7.99. The van der Waals surface area contributed by atoms with E-state index in [4.69, 9.17) is 4.74 Å². The van der Waals surface area contributed by atoms with Crippen LogP contribution in [0.15, 0.2) is 29.2 Å². The maximum atomic E-state index is 5.34. The monoisotopic (exact) mass is 228 g/mol. The van der Waals surface area contributed by atoms with E-state index in [1.807, 2.05) is 11.8 Å². The van der Waals surface area contributed by atoms with Crippen molar-refractivity contribution in [1.29, 1.82) is 0 Å². The topological polar surface area (TPSA) is 9.23 Å². The fraction of sp³-hybridized carbons (Fsp3) is 0.455. The van der Waals surface area contributed by atoms with Gasteiger partial charge in [0.1, 0.15) is 0 Å². The van der Waals surface area contributed by atoms with Crippen LogP contribution in [0.2, 0.25) is 0 Å². The van der Waals surface area contributed by atoms with Crippen LogP contribution in [0.25, 0.3) is 0 Å². The summed E-state index contributed by atoms with van der Waals surface area (Å²) in [5.74, 6) is 1.81. The van der Waals surface area contributed by atoms with Crippen molar-refractivity contribution in [2.45, 2.75) is 11.8 Å². The molecule has 0 saturated carbocycles. The van der Waals surface area contributed by atoms with Crippen LogP contribution < -0.4 is 0 Å². The molecule has 0 atom stereocenters. The van der Waals surface area contributed by atoms with Gasteiger partial charge >= 0.3 is 0 Å². The first kappa shape index (κ1) is 12.0. The third-order valence-electron chi connectivity index (χ3n) is 1.72. The van der Waals surface area contributed by atoms with E-state index in [9.17, 15) is 0 Å². The van der Waals surface area contributed by atoms with E-state index in [1.165, 1.54) is 10.5 Å². The van der Waals surface area contributed by atoms with Crippen LogP contribution in [0.3, 0.4) is 0 Å². The molecule has 78 valence electrons. The van der Waals surface area contributed by atoms with Gasteiger partial charge < -0.3 is 4.74 Å². The molecule has 0 aliphatic rings. The number of rotatable bonds is 6. The van der Waals surface area contributed by atoms with E-state index in [2.05, 4.69) is 43.8 Å². The van der Waals surface area contributed by atoms with Gasteiger partial charge in [-0.1, -0.05) is 17.7 Å². The van der Waals surface area contributed by atoms with E-state index >= 15 is 0 Å². The van der Waals surface area contributed by atoms with E-state index in [-0.39, 0.29) is 0 Å². The van der Waals surface area contributed by atoms with Crippen molar-refractivity contribution >= 4 is 24.4 Å². The summed E-state index contributed by atoms with van der Waals surface area (Å²) < 4.78 is 5.34. The standard InChI is InChI=1S/C11H16OS2/c1-10-3-2-4-11(9-10)14-8-6-12-5-7-13/h2-4,9,13H,5-8H2,1H3. The summed E-state index contributed by atoms with van der Waals surface area (Å²) in [6, 6.07) is 8.53. The first-order valence-electron chi connectivity index (χ1n) is 4.71. The van der Waals surface area contributed by atoms with Crippen LogP contribution in [0.5, 0.6) is 0 Å². The van der Waals surface area contributed by atoms with Gasteiger partial charge in [0, 0.05) is 16.4 Å². The molecule has 0 radical (unpaired) electrons. The molecule has 0 N–H and O–H groups in total. The maximum Gasteiger partial charge on any atom is 0.0560 e. The van der Waals surface area contributed by atoms with Crippen molar-refractivity contribution in [2.24, 2.45) is 0 Å². The van der Waals surface area contributed by atoms with Crippen molar-refractivity contribution in [3.63, 3.8) is 0 Å². The van der Waals surface area contributed by atoms with Crippen LogP contribution in [0, 0.1) is 6.92 Å². The minimum absolute atomic E-state index is 0.748. The molecule has 1 nitrogen and oxygen atoms in total. The molecule has 0 amide bonds. The van der Waals surface area contributed by atoms with Gasteiger partial charge in [-0.25, -0.2) is 0 Å². The first-order chi connectivity index (χ1) is 6.83. The van der Waals surface area contributed by atoms with Gasteiger partial charge in [-0.2, -0.15) is 12.6 Å². The van der Waals surface area contributed by atoms with Crippen LogP contribution in [-0.4, -0.2) is 24.7 Å². The van der Waals surface area contributed by atoms with Crippen molar-refractivity contribution in [3.8, 4) is 0 Å². The number of ether oxygens (including phenoxy) is 1. The molecule has 0 unspecified atom stereocenters. The van der Waals surface area contributed by atoms with Gasteiger partial charge in [0.25, 0.3) is 0 Å². The maximum absolute atomic E-state index is 5.34. The molecule has 0 fully saturated rings. The Kier molecular flexibility index (Phi) is 6.15. The van der Waals surface area contributed by atoms with Gasteiger partial charge in [0.2, 0.25) is 0 Å². The second-order valence-corrected chi connectivity index (χ2v) is 4.62. The predicted octanol–water partition coefficient (Wildman–Crippen LogP) is 3.03. The molecule has 0 bridgehead atoms. The third-order valence-corrected chi connectivity index (χ3v) is 2.86. The average molecular weight is 228 g/mol. The van der Waals surface area contributed by atoms with E-state index < -0.39 is 0 Å². The summed E-state index contributed by atoms with van der Waals surface area (Å²) in [7, 11) is 0. The number of hydrogen-bond donors (Lipinski definition) is 1. The number of benzene rings is 1. The quantitative estimate of drug-likeness (QED) is 0.455. The highest BCUT2D eigenvalue weighted by atomic mass is 32.2. The lowest BCUT2D eigenvalue weighted by atomic mass is 10.2. The fourth-order valence-electron chi connectivity index (χ4n) is 1.09. The molecule has 0 aliphatic heterocycles. The minimum Gasteiger partial charge on any atom is -0.380 e. The third kappa shape index (κ3) is 4.94. The normalized spacial score (nSPS) is 10.4. The molecule has 0 aromatic heterocycles. The van der Waals surface area contributed by atoms with Crippen LogP contribution in [0.1, 0.15) is 5.56 Å². The van der Waals surface area contributed by atoms with Crippen LogP contribution >= 0.6 is 24.4 Å². The second-order valence-electron chi connectivity index (χ2n) is 3.00. The smallest absolute Gasteiger partial charge is 0.0560 e. The Bertz CT molecular complexity index is 263. The predicted molar refractivity (Wildman–Crippen MR) is 66.6 cm³/mol. The molecule has 1 aromatic rings. The van der Waals surface area contributed by atoms with Gasteiger partial charge in [0.15, 0.2) is 0 Å². The molecule has 0 aliphatic carbocycles. The van der Waals surface area contributed by atoms with Crippen molar-refractivity contribution in [2.75, 3.05) is 24.7 Å². The molecule has 1 rings (SSSR count). The Hall–Kier alpha value is -0.120. The average Bonchev–Trinajstić information content (AvgIpc) is 2.18. The number of hydrogen-bond acceptors (Lipinski definition) is 3. The zero-order chi connectivity index (χ0) is 10.2. The molecule has 0 heterocycles. The Labute approximate surface area is 95.6 Å². The second kappa shape index (κ2) is 7.21. The largest absolute Gasteiger partial charge is 0.380 e. The van der Waals surface area contributed by atoms with Gasteiger partial charge in [-0.3, -0.25) is 0 Å². The lowest BCUT2D eigenvalue weighted by molar-refractivity contribution is 0.167. The van der Waals surface area contributed by atoms with Crippen molar-refractivity contribution in [3.05, 3.63) is 29.8 Å². The highest BCUT2D eigenvalue weighted by Gasteiger charge is 1.94. The molecular formula is C11H16OS2. The van der Waals surface area contributed by atoms with E-state index in [0.29, 0.717) is 0 Å². The number of aryl methyl sites for hydroxylation is 1. The summed E-state index contributed by atoms with van der Waals surface area (Å²) in [5, 5.41) is 0. The number of thioether (sulfide) groups is 1. The first-order valence-corrected chi connectivity index (χ1v) is 6.33. The van der Waals surface area contributed by atoms with Gasteiger partial charge in [-0.05, 0) is 19.1 Å². The zero-order valence-corrected chi connectivity index (χ0v) is 10.1.